The van der Waals surface area contributed by atoms with Crippen molar-refractivity contribution >= 4 is 11.6 Å². The van der Waals surface area contributed by atoms with E-state index in [1.165, 1.54) is 19.3 Å². The molecule has 0 saturated heterocycles. The standard InChI is InChI=1S/C15H24ClNO2/c1-3-4-5-6-9-19-15-13(16)10-12(7-8-17)11-14(15)18-2/h10-11H,3-9,17H2,1-2H3. The van der Waals surface area contributed by atoms with E-state index in [0.29, 0.717) is 29.7 Å². The molecule has 0 heterocycles. The fourth-order valence-electron chi connectivity index (χ4n) is 1.93. The summed E-state index contributed by atoms with van der Waals surface area (Å²) in [5.74, 6) is 1.33. The zero-order valence-corrected chi connectivity index (χ0v) is 12.6. The predicted octanol–water partition coefficient (Wildman–Crippen LogP) is 3.81. The molecule has 0 amide bonds. The van der Waals surface area contributed by atoms with Gasteiger partial charge in [0, 0.05) is 0 Å². The van der Waals surface area contributed by atoms with Gasteiger partial charge in [-0.1, -0.05) is 37.8 Å². The molecular weight excluding hydrogens is 262 g/mol. The SMILES string of the molecule is CCCCCCOc1c(Cl)cc(CCN)cc1OC. The molecule has 108 valence electrons. The summed E-state index contributed by atoms with van der Waals surface area (Å²) in [6.45, 7) is 3.46. The lowest BCUT2D eigenvalue weighted by molar-refractivity contribution is 0.285. The molecule has 1 aromatic rings. The summed E-state index contributed by atoms with van der Waals surface area (Å²) in [5.41, 5.74) is 6.62. The average molecular weight is 286 g/mol. The van der Waals surface area contributed by atoms with Crippen LogP contribution in [0.15, 0.2) is 12.1 Å². The van der Waals surface area contributed by atoms with Gasteiger partial charge in [0.1, 0.15) is 0 Å². The lowest BCUT2D eigenvalue weighted by Crippen LogP contribution is -2.04. The molecule has 19 heavy (non-hydrogen) atoms. The Morgan fingerprint density at radius 3 is 2.63 bits per heavy atom. The van der Waals surface area contributed by atoms with Crippen LogP contribution >= 0.6 is 11.6 Å². The second kappa shape index (κ2) is 9.05. The van der Waals surface area contributed by atoms with Crippen LogP contribution in [0.25, 0.3) is 0 Å². The van der Waals surface area contributed by atoms with Crippen LogP contribution in [0.3, 0.4) is 0 Å². The number of methoxy groups -OCH3 is 1. The van der Waals surface area contributed by atoms with Crippen molar-refractivity contribution < 1.29 is 9.47 Å². The Morgan fingerprint density at radius 1 is 1.21 bits per heavy atom. The van der Waals surface area contributed by atoms with E-state index in [9.17, 15) is 0 Å². The minimum absolute atomic E-state index is 0.594. The first-order chi connectivity index (χ1) is 9.22. The third kappa shape index (κ3) is 5.29. The first-order valence-corrected chi connectivity index (χ1v) is 7.30. The predicted molar refractivity (Wildman–Crippen MR) is 80.4 cm³/mol. The quantitative estimate of drug-likeness (QED) is 0.702. The van der Waals surface area contributed by atoms with Crippen LogP contribution in [0, 0.1) is 0 Å². The largest absolute Gasteiger partial charge is 0.493 e. The van der Waals surface area contributed by atoms with Crippen molar-refractivity contribution in [1.29, 1.82) is 0 Å². The molecule has 0 bridgehead atoms. The van der Waals surface area contributed by atoms with E-state index in [2.05, 4.69) is 6.92 Å². The highest BCUT2D eigenvalue weighted by Gasteiger charge is 2.11. The Morgan fingerprint density at radius 2 is 2.00 bits per heavy atom. The number of benzene rings is 1. The van der Waals surface area contributed by atoms with E-state index >= 15 is 0 Å². The molecule has 0 radical (unpaired) electrons. The van der Waals surface area contributed by atoms with Crippen LogP contribution in [-0.2, 0) is 6.42 Å². The number of halogens is 1. The second-order valence-electron chi connectivity index (χ2n) is 4.56. The molecule has 0 fully saturated rings. The topological polar surface area (TPSA) is 44.5 Å². The monoisotopic (exact) mass is 285 g/mol. The number of unbranched alkanes of at least 4 members (excludes halogenated alkanes) is 3. The molecule has 1 rings (SSSR count). The number of rotatable bonds is 9. The van der Waals surface area contributed by atoms with Gasteiger partial charge in [-0.05, 0) is 37.1 Å². The van der Waals surface area contributed by atoms with Gasteiger partial charge in [-0.3, -0.25) is 0 Å². The number of ether oxygens (including phenoxy) is 2. The minimum Gasteiger partial charge on any atom is -0.493 e. The molecule has 0 saturated carbocycles. The maximum absolute atomic E-state index is 6.24. The molecule has 0 aliphatic heterocycles. The molecule has 0 unspecified atom stereocenters. The molecule has 1 aromatic carbocycles. The van der Waals surface area contributed by atoms with Crippen molar-refractivity contribution in [3.63, 3.8) is 0 Å². The maximum Gasteiger partial charge on any atom is 0.179 e. The number of nitrogens with two attached hydrogens (primary N) is 1. The Labute approximate surface area is 121 Å². The summed E-state index contributed by atoms with van der Waals surface area (Å²) in [6, 6.07) is 3.85. The van der Waals surface area contributed by atoms with Gasteiger partial charge in [-0.15, -0.1) is 0 Å². The summed E-state index contributed by atoms with van der Waals surface area (Å²) >= 11 is 6.24. The van der Waals surface area contributed by atoms with E-state index < -0.39 is 0 Å². The second-order valence-corrected chi connectivity index (χ2v) is 4.96. The third-order valence-corrected chi connectivity index (χ3v) is 3.25. The summed E-state index contributed by atoms with van der Waals surface area (Å²) in [5, 5.41) is 0.596. The highest BCUT2D eigenvalue weighted by molar-refractivity contribution is 6.32. The minimum atomic E-state index is 0.594. The number of hydrogen-bond donors (Lipinski definition) is 1. The average Bonchev–Trinajstić information content (AvgIpc) is 2.40. The van der Waals surface area contributed by atoms with Crippen molar-refractivity contribution in [2.24, 2.45) is 5.73 Å². The fraction of sp³-hybridized carbons (Fsp3) is 0.600. The molecule has 2 N–H and O–H groups in total. The highest BCUT2D eigenvalue weighted by atomic mass is 35.5. The lowest BCUT2D eigenvalue weighted by atomic mass is 10.1. The first-order valence-electron chi connectivity index (χ1n) is 6.92. The maximum atomic E-state index is 6.24. The molecule has 0 aliphatic rings. The normalized spacial score (nSPS) is 10.5. The molecule has 0 aliphatic carbocycles. The van der Waals surface area contributed by atoms with E-state index in [-0.39, 0.29) is 0 Å². The molecule has 0 spiro atoms. The molecular formula is C15H24ClNO2. The van der Waals surface area contributed by atoms with Crippen molar-refractivity contribution in [2.45, 2.75) is 39.0 Å². The lowest BCUT2D eigenvalue weighted by Gasteiger charge is -2.14. The molecule has 3 nitrogen and oxygen atoms in total. The van der Waals surface area contributed by atoms with Crippen LogP contribution in [0.5, 0.6) is 11.5 Å². The van der Waals surface area contributed by atoms with Gasteiger partial charge >= 0.3 is 0 Å². The number of hydrogen-bond acceptors (Lipinski definition) is 3. The highest BCUT2D eigenvalue weighted by Crippen LogP contribution is 2.36. The molecule has 4 heteroatoms. The van der Waals surface area contributed by atoms with E-state index in [1.807, 2.05) is 12.1 Å². The Hall–Kier alpha value is -0.930. The van der Waals surface area contributed by atoms with Crippen LogP contribution in [0.1, 0.15) is 38.2 Å². The van der Waals surface area contributed by atoms with Crippen LogP contribution in [-0.4, -0.2) is 20.3 Å². The van der Waals surface area contributed by atoms with Crippen LogP contribution in [0.4, 0.5) is 0 Å². The fourth-order valence-corrected chi connectivity index (χ4v) is 2.22. The van der Waals surface area contributed by atoms with Gasteiger partial charge < -0.3 is 15.2 Å². The van der Waals surface area contributed by atoms with Crippen molar-refractivity contribution in [3.05, 3.63) is 22.7 Å². The van der Waals surface area contributed by atoms with Crippen LogP contribution < -0.4 is 15.2 Å². The van der Waals surface area contributed by atoms with E-state index in [1.54, 1.807) is 7.11 Å². The Balaban J connectivity index is 2.65. The zero-order chi connectivity index (χ0) is 14.1. The van der Waals surface area contributed by atoms with E-state index in [0.717, 1.165) is 18.4 Å². The summed E-state index contributed by atoms with van der Waals surface area (Å²) < 4.78 is 11.1. The van der Waals surface area contributed by atoms with Gasteiger partial charge in [0.25, 0.3) is 0 Å². The Bertz CT molecular complexity index is 383. The molecule has 0 atom stereocenters. The van der Waals surface area contributed by atoms with Gasteiger partial charge in [-0.25, -0.2) is 0 Å². The van der Waals surface area contributed by atoms with Crippen molar-refractivity contribution in [2.75, 3.05) is 20.3 Å². The third-order valence-electron chi connectivity index (χ3n) is 2.97. The van der Waals surface area contributed by atoms with Gasteiger partial charge in [0.15, 0.2) is 11.5 Å². The van der Waals surface area contributed by atoms with Crippen LogP contribution in [0.2, 0.25) is 5.02 Å². The first kappa shape index (κ1) is 16.1. The summed E-state index contributed by atoms with van der Waals surface area (Å²) in [6.07, 6.45) is 5.47. The summed E-state index contributed by atoms with van der Waals surface area (Å²) in [4.78, 5) is 0. The van der Waals surface area contributed by atoms with Gasteiger partial charge in [-0.2, -0.15) is 0 Å². The molecule has 0 aromatic heterocycles. The zero-order valence-electron chi connectivity index (χ0n) is 11.9. The van der Waals surface area contributed by atoms with Gasteiger partial charge in [0.05, 0.1) is 18.7 Å². The van der Waals surface area contributed by atoms with Crippen molar-refractivity contribution in [3.8, 4) is 11.5 Å². The smallest absolute Gasteiger partial charge is 0.179 e. The summed E-state index contributed by atoms with van der Waals surface area (Å²) in [7, 11) is 1.63. The van der Waals surface area contributed by atoms with E-state index in [4.69, 9.17) is 26.8 Å². The van der Waals surface area contributed by atoms with Gasteiger partial charge in [0.2, 0.25) is 0 Å². The Kier molecular flexibility index (Phi) is 7.68. The van der Waals surface area contributed by atoms with Crippen molar-refractivity contribution in [1.82, 2.24) is 0 Å².